The Labute approximate surface area is 159 Å². The standard InChI is InChI=1S/C18H19N5O3S/c24-16(3-5-23-12-20-17-14(18(23)25)4-10-27-17)21-13-1-2-15(19-11-13)22-6-8-26-9-7-22/h1-2,4,10-12H,3,5-9H2,(H,21,24). The van der Waals surface area contributed by atoms with E-state index in [4.69, 9.17) is 4.74 Å². The third-order valence-corrected chi connectivity index (χ3v) is 5.22. The van der Waals surface area contributed by atoms with Crippen molar-refractivity contribution in [1.29, 1.82) is 0 Å². The summed E-state index contributed by atoms with van der Waals surface area (Å²) < 4.78 is 6.80. The van der Waals surface area contributed by atoms with Gasteiger partial charge in [0.15, 0.2) is 0 Å². The summed E-state index contributed by atoms with van der Waals surface area (Å²) in [6, 6.07) is 5.48. The van der Waals surface area contributed by atoms with Gasteiger partial charge in [-0.2, -0.15) is 0 Å². The smallest absolute Gasteiger partial charge is 0.262 e. The van der Waals surface area contributed by atoms with Gasteiger partial charge < -0.3 is 15.0 Å². The number of fused-ring (bicyclic) bond motifs is 1. The molecule has 0 aliphatic carbocycles. The average Bonchev–Trinajstić information content (AvgIpc) is 3.18. The van der Waals surface area contributed by atoms with Crippen LogP contribution >= 0.6 is 11.3 Å². The van der Waals surface area contributed by atoms with Gasteiger partial charge in [0, 0.05) is 26.1 Å². The predicted molar refractivity (Wildman–Crippen MR) is 104 cm³/mol. The van der Waals surface area contributed by atoms with Crippen LogP contribution in [0.2, 0.25) is 0 Å². The second-order valence-electron chi connectivity index (χ2n) is 6.19. The number of nitrogens with one attached hydrogen (secondary N) is 1. The molecule has 0 spiro atoms. The van der Waals surface area contributed by atoms with Crippen molar-refractivity contribution < 1.29 is 9.53 Å². The maximum Gasteiger partial charge on any atom is 0.262 e. The number of pyridine rings is 1. The molecule has 9 heteroatoms. The number of carbonyl (C=O) groups is 1. The molecule has 1 aliphatic heterocycles. The Bertz CT molecular complexity index is 992. The molecule has 4 rings (SSSR count). The molecule has 1 aliphatic rings. The number of ether oxygens (including phenoxy) is 1. The number of hydrogen-bond donors (Lipinski definition) is 1. The molecule has 1 fully saturated rings. The molecular formula is C18H19N5O3S. The van der Waals surface area contributed by atoms with E-state index in [0.29, 0.717) is 29.1 Å². The number of thiophene rings is 1. The average molecular weight is 385 g/mol. The zero-order chi connectivity index (χ0) is 18.6. The van der Waals surface area contributed by atoms with E-state index >= 15 is 0 Å². The van der Waals surface area contributed by atoms with E-state index in [1.54, 1.807) is 12.3 Å². The van der Waals surface area contributed by atoms with Crippen LogP contribution in [-0.4, -0.2) is 46.7 Å². The molecule has 4 heterocycles. The molecule has 1 N–H and O–H groups in total. The number of amides is 1. The number of nitrogens with zero attached hydrogens (tertiary/aromatic N) is 4. The Hall–Kier alpha value is -2.78. The first-order chi connectivity index (χ1) is 13.2. The van der Waals surface area contributed by atoms with E-state index in [0.717, 1.165) is 18.9 Å². The lowest BCUT2D eigenvalue weighted by Gasteiger charge is -2.27. The first-order valence-electron chi connectivity index (χ1n) is 8.72. The minimum absolute atomic E-state index is 0.120. The summed E-state index contributed by atoms with van der Waals surface area (Å²) >= 11 is 1.43. The molecule has 0 saturated carbocycles. The zero-order valence-electron chi connectivity index (χ0n) is 14.6. The van der Waals surface area contributed by atoms with Gasteiger partial charge in [-0.05, 0) is 23.6 Å². The number of anilines is 2. The molecule has 1 amide bonds. The van der Waals surface area contributed by atoms with Crippen molar-refractivity contribution in [2.45, 2.75) is 13.0 Å². The monoisotopic (exact) mass is 385 g/mol. The van der Waals surface area contributed by atoms with E-state index in [9.17, 15) is 9.59 Å². The molecule has 3 aromatic rings. The van der Waals surface area contributed by atoms with Crippen molar-refractivity contribution in [2.24, 2.45) is 0 Å². The highest BCUT2D eigenvalue weighted by Crippen LogP contribution is 2.16. The van der Waals surface area contributed by atoms with Gasteiger partial charge in [0.05, 0.1) is 36.8 Å². The molecule has 0 radical (unpaired) electrons. The van der Waals surface area contributed by atoms with E-state index in [-0.39, 0.29) is 24.4 Å². The summed E-state index contributed by atoms with van der Waals surface area (Å²) in [5.41, 5.74) is 0.515. The molecular weight excluding hydrogens is 366 g/mol. The number of hydrogen-bond acceptors (Lipinski definition) is 7. The number of carbonyl (C=O) groups excluding carboxylic acids is 1. The first kappa shape index (κ1) is 17.6. The van der Waals surface area contributed by atoms with Gasteiger partial charge in [0.25, 0.3) is 5.56 Å². The van der Waals surface area contributed by atoms with E-state index in [2.05, 4.69) is 20.2 Å². The second kappa shape index (κ2) is 7.85. The Morgan fingerprint density at radius 2 is 2.07 bits per heavy atom. The van der Waals surface area contributed by atoms with Gasteiger partial charge in [-0.3, -0.25) is 14.2 Å². The lowest BCUT2D eigenvalue weighted by Crippen LogP contribution is -2.36. The van der Waals surface area contributed by atoms with Crippen LogP contribution in [0.5, 0.6) is 0 Å². The normalized spacial score (nSPS) is 14.4. The third-order valence-electron chi connectivity index (χ3n) is 4.40. The summed E-state index contributed by atoms with van der Waals surface area (Å²) in [5.74, 6) is 0.700. The number of aromatic nitrogens is 3. The Morgan fingerprint density at radius 1 is 1.22 bits per heavy atom. The largest absolute Gasteiger partial charge is 0.378 e. The number of aryl methyl sites for hydroxylation is 1. The van der Waals surface area contributed by atoms with Crippen LogP contribution in [0.1, 0.15) is 6.42 Å². The summed E-state index contributed by atoms with van der Waals surface area (Å²) in [7, 11) is 0. The maximum atomic E-state index is 12.3. The molecule has 0 atom stereocenters. The fourth-order valence-electron chi connectivity index (χ4n) is 2.94. The van der Waals surface area contributed by atoms with Crippen molar-refractivity contribution in [3.8, 4) is 0 Å². The maximum absolute atomic E-state index is 12.3. The van der Waals surface area contributed by atoms with Gasteiger partial charge in [-0.1, -0.05) is 0 Å². The van der Waals surface area contributed by atoms with Crippen molar-refractivity contribution >= 4 is 39.0 Å². The summed E-state index contributed by atoms with van der Waals surface area (Å²) in [5, 5.41) is 5.24. The highest BCUT2D eigenvalue weighted by Gasteiger charge is 2.12. The molecule has 1 saturated heterocycles. The second-order valence-corrected chi connectivity index (χ2v) is 7.08. The predicted octanol–water partition coefficient (Wildman–Crippen LogP) is 1.72. The third kappa shape index (κ3) is 3.99. The van der Waals surface area contributed by atoms with Crippen LogP contribution in [-0.2, 0) is 16.1 Å². The van der Waals surface area contributed by atoms with Crippen LogP contribution < -0.4 is 15.8 Å². The summed E-state index contributed by atoms with van der Waals surface area (Å²) in [6.07, 6.45) is 3.32. The minimum atomic E-state index is -0.173. The van der Waals surface area contributed by atoms with Gasteiger partial charge >= 0.3 is 0 Å². The first-order valence-corrected chi connectivity index (χ1v) is 9.60. The SMILES string of the molecule is O=C(CCn1cnc2sccc2c1=O)Nc1ccc(N2CCOCC2)nc1. The minimum Gasteiger partial charge on any atom is -0.378 e. The van der Waals surface area contributed by atoms with E-state index in [1.165, 1.54) is 22.2 Å². The van der Waals surface area contributed by atoms with Crippen molar-refractivity contribution in [3.05, 3.63) is 46.5 Å². The van der Waals surface area contributed by atoms with Gasteiger partial charge in [-0.15, -0.1) is 11.3 Å². The van der Waals surface area contributed by atoms with Gasteiger partial charge in [0.2, 0.25) is 5.91 Å². The summed E-state index contributed by atoms with van der Waals surface area (Å²) in [6.45, 7) is 3.31. The Balaban J connectivity index is 1.34. The van der Waals surface area contributed by atoms with Crippen molar-refractivity contribution in [3.63, 3.8) is 0 Å². The van der Waals surface area contributed by atoms with Crippen LogP contribution in [0, 0.1) is 0 Å². The van der Waals surface area contributed by atoms with Crippen LogP contribution in [0.4, 0.5) is 11.5 Å². The molecule has 8 nitrogen and oxygen atoms in total. The van der Waals surface area contributed by atoms with Crippen LogP contribution in [0.3, 0.4) is 0 Å². The lowest BCUT2D eigenvalue weighted by molar-refractivity contribution is -0.116. The Kier molecular flexibility index (Phi) is 5.12. The van der Waals surface area contributed by atoms with Gasteiger partial charge in [-0.25, -0.2) is 9.97 Å². The van der Waals surface area contributed by atoms with Crippen LogP contribution in [0.15, 0.2) is 40.9 Å². The van der Waals surface area contributed by atoms with Crippen molar-refractivity contribution in [1.82, 2.24) is 14.5 Å². The lowest BCUT2D eigenvalue weighted by atomic mass is 10.3. The molecule has 27 heavy (non-hydrogen) atoms. The highest BCUT2D eigenvalue weighted by atomic mass is 32.1. The molecule has 140 valence electrons. The van der Waals surface area contributed by atoms with E-state index in [1.807, 2.05) is 17.5 Å². The van der Waals surface area contributed by atoms with Crippen LogP contribution in [0.25, 0.3) is 10.2 Å². The molecule has 0 unspecified atom stereocenters. The number of rotatable bonds is 5. The fraction of sp³-hybridized carbons (Fsp3) is 0.333. The summed E-state index contributed by atoms with van der Waals surface area (Å²) in [4.78, 5) is 36.0. The number of morpholine rings is 1. The molecule has 0 aromatic carbocycles. The zero-order valence-corrected chi connectivity index (χ0v) is 15.4. The molecule has 0 bridgehead atoms. The Morgan fingerprint density at radius 3 is 2.85 bits per heavy atom. The van der Waals surface area contributed by atoms with Crippen molar-refractivity contribution in [2.75, 3.05) is 36.5 Å². The topological polar surface area (TPSA) is 89.4 Å². The van der Waals surface area contributed by atoms with E-state index < -0.39 is 0 Å². The van der Waals surface area contributed by atoms with Gasteiger partial charge in [0.1, 0.15) is 10.6 Å². The quantitative estimate of drug-likeness (QED) is 0.719. The fourth-order valence-corrected chi connectivity index (χ4v) is 3.66. The molecule has 3 aromatic heterocycles. The highest BCUT2D eigenvalue weighted by molar-refractivity contribution is 7.16.